The number of piperazine rings is 1. The summed E-state index contributed by atoms with van der Waals surface area (Å²) in [4.78, 5) is 2.66. The van der Waals surface area contributed by atoms with E-state index < -0.39 is 0 Å². The lowest BCUT2D eigenvalue weighted by molar-refractivity contribution is 0.109. The van der Waals surface area contributed by atoms with Crippen LogP contribution in [0.5, 0.6) is 0 Å². The summed E-state index contributed by atoms with van der Waals surface area (Å²) in [6.07, 6.45) is 2.39. The number of aryl methyl sites for hydroxylation is 1. The van der Waals surface area contributed by atoms with Crippen LogP contribution in [0.3, 0.4) is 0 Å². The molecule has 2 unspecified atom stereocenters. The monoisotopic (exact) mass is 260 g/mol. The minimum Gasteiger partial charge on any atom is -0.314 e. The zero-order chi connectivity index (χ0) is 13.7. The van der Waals surface area contributed by atoms with Gasteiger partial charge in [-0.2, -0.15) is 0 Å². The molecule has 1 heterocycles. The van der Waals surface area contributed by atoms with E-state index in [4.69, 9.17) is 0 Å². The van der Waals surface area contributed by atoms with Crippen LogP contribution >= 0.6 is 0 Å². The number of hydrogen-bond donors (Lipinski definition) is 1. The maximum absolute atomic E-state index is 3.54. The van der Waals surface area contributed by atoms with E-state index >= 15 is 0 Å². The summed E-state index contributed by atoms with van der Waals surface area (Å²) >= 11 is 0. The fraction of sp³-hybridized carbons (Fsp3) is 0.647. The Kier molecular flexibility index (Phi) is 5.41. The Morgan fingerprint density at radius 2 is 1.89 bits per heavy atom. The molecule has 0 saturated carbocycles. The van der Waals surface area contributed by atoms with E-state index in [2.05, 4.69) is 55.3 Å². The van der Waals surface area contributed by atoms with Crippen LogP contribution in [0.25, 0.3) is 0 Å². The Hall–Kier alpha value is -0.860. The van der Waals surface area contributed by atoms with Crippen molar-refractivity contribution in [1.29, 1.82) is 0 Å². The molecule has 0 aromatic heterocycles. The van der Waals surface area contributed by atoms with Crippen LogP contribution in [-0.4, -0.2) is 30.6 Å². The lowest BCUT2D eigenvalue weighted by Crippen LogP contribution is -2.53. The highest BCUT2D eigenvalue weighted by Gasteiger charge is 2.25. The van der Waals surface area contributed by atoms with Crippen LogP contribution in [0.15, 0.2) is 24.3 Å². The summed E-state index contributed by atoms with van der Waals surface area (Å²) < 4.78 is 0. The number of hydrogen-bond acceptors (Lipinski definition) is 2. The molecule has 106 valence electrons. The smallest absolute Gasteiger partial charge is 0.0250 e. The summed E-state index contributed by atoms with van der Waals surface area (Å²) in [6.45, 7) is 11.4. The van der Waals surface area contributed by atoms with Gasteiger partial charge in [0.15, 0.2) is 0 Å². The van der Waals surface area contributed by atoms with Crippen molar-refractivity contribution in [2.45, 2.75) is 46.2 Å². The van der Waals surface area contributed by atoms with E-state index in [-0.39, 0.29) is 0 Å². The van der Waals surface area contributed by atoms with Crippen molar-refractivity contribution in [2.75, 3.05) is 19.6 Å². The Morgan fingerprint density at radius 3 is 2.53 bits per heavy atom. The van der Waals surface area contributed by atoms with Crippen LogP contribution in [0, 0.1) is 5.92 Å². The molecule has 1 saturated heterocycles. The number of rotatable bonds is 5. The molecule has 2 atom stereocenters. The highest BCUT2D eigenvalue weighted by Crippen LogP contribution is 2.19. The molecule has 2 rings (SSSR count). The fourth-order valence-corrected chi connectivity index (χ4v) is 2.91. The first-order chi connectivity index (χ1) is 9.24. The molecule has 1 aliphatic heterocycles. The second-order valence-electron chi connectivity index (χ2n) is 5.80. The second kappa shape index (κ2) is 7.06. The minimum atomic E-state index is 0.685. The molecule has 0 amide bonds. The number of nitrogens with zero attached hydrogens (tertiary/aromatic N) is 1. The van der Waals surface area contributed by atoms with Crippen LogP contribution in [0.2, 0.25) is 0 Å². The second-order valence-corrected chi connectivity index (χ2v) is 5.80. The van der Waals surface area contributed by atoms with Crippen molar-refractivity contribution in [3.8, 4) is 0 Å². The molecule has 1 fully saturated rings. The molecular formula is C17H28N2. The molecule has 0 radical (unpaired) electrons. The lowest BCUT2D eigenvalue weighted by atomic mass is 9.95. The average Bonchev–Trinajstić information content (AvgIpc) is 2.48. The summed E-state index contributed by atoms with van der Waals surface area (Å²) in [5, 5.41) is 3.54. The fourth-order valence-electron chi connectivity index (χ4n) is 2.91. The van der Waals surface area contributed by atoms with Crippen molar-refractivity contribution < 1.29 is 0 Å². The average molecular weight is 260 g/mol. The van der Waals surface area contributed by atoms with Gasteiger partial charge in [0.25, 0.3) is 0 Å². The standard InChI is InChI=1S/C17H28N2/c1-4-14(3)17-12-18-10-11-19(17)13-16-8-6-15(5-2)7-9-16/h6-9,14,17-18H,4-5,10-13H2,1-3H3. The zero-order valence-electron chi connectivity index (χ0n) is 12.7. The Labute approximate surface area is 118 Å². The Bertz CT molecular complexity index is 371. The van der Waals surface area contributed by atoms with E-state index in [1.54, 1.807) is 0 Å². The molecule has 1 aromatic carbocycles. The Balaban J connectivity index is 2.01. The highest BCUT2D eigenvalue weighted by atomic mass is 15.2. The number of benzene rings is 1. The summed E-state index contributed by atoms with van der Waals surface area (Å²) in [6, 6.07) is 9.83. The molecule has 19 heavy (non-hydrogen) atoms. The van der Waals surface area contributed by atoms with Crippen LogP contribution in [0.4, 0.5) is 0 Å². The molecule has 1 aromatic rings. The molecule has 0 bridgehead atoms. The predicted octanol–water partition coefficient (Wildman–Crippen LogP) is 3.07. The van der Waals surface area contributed by atoms with Gasteiger partial charge in [-0.3, -0.25) is 4.90 Å². The van der Waals surface area contributed by atoms with E-state index in [1.165, 1.54) is 24.1 Å². The third-order valence-electron chi connectivity index (χ3n) is 4.52. The zero-order valence-corrected chi connectivity index (χ0v) is 12.7. The Morgan fingerprint density at radius 1 is 1.21 bits per heavy atom. The van der Waals surface area contributed by atoms with Crippen LogP contribution in [-0.2, 0) is 13.0 Å². The van der Waals surface area contributed by atoms with E-state index in [0.29, 0.717) is 6.04 Å². The van der Waals surface area contributed by atoms with Crippen molar-refractivity contribution in [1.82, 2.24) is 10.2 Å². The van der Waals surface area contributed by atoms with E-state index in [1.807, 2.05) is 0 Å². The third kappa shape index (κ3) is 3.80. The summed E-state index contributed by atoms with van der Waals surface area (Å²) in [7, 11) is 0. The van der Waals surface area contributed by atoms with Crippen LogP contribution < -0.4 is 5.32 Å². The van der Waals surface area contributed by atoms with Crippen molar-refractivity contribution >= 4 is 0 Å². The molecule has 2 heteroatoms. The van der Waals surface area contributed by atoms with Gasteiger partial charge in [0.05, 0.1) is 0 Å². The third-order valence-corrected chi connectivity index (χ3v) is 4.52. The summed E-state index contributed by atoms with van der Waals surface area (Å²) in [5.74, 6) is 0.766. The highest BCUT2D eigenvalue weighted by molar-refractivity contribution is 5.22. The quantitative estimate of drug-likeness (QED) is 0.875. The van der Waals surface area contributed by atoms with Gasteiger partial charge in [-0.25, -0.2) is 0 Å². The van der Waals surface area contributed by atoms with Gasteiger partial charge in [-0.15, -0.1) is 0 Å². The molecule has 0 aliphatic carbocycles. The van der Waals surface area contributed by atoms with Crippen LogP contribution in [0.1, 0.15) is 38.3 Å². The van der Waals surface area contributed by atoms with Crippen molar-refractivity contribution in [3.05, 3.63) is 35.4 Å². The van der Waals surface area contributed by atoms with E-state index in [0.717, 1.165) is 32.0 Å². The molecule has 1 N–H and O–H groups in total. The minimum absolute atomic E-state index is 0.685. The van der Waals surface area contributed by atoms with Crippen molar-refractivity contribution in [3.63, 3.8) is 0 Å². The maximum Gasteiger partial charge on any atom is 0.0250 e. The predicted molar refractivity (Wildman–Crippen MR) is 82.3 cm³/mol. The van der Waals surface area contributed by atoms with Gasteiger partial charge in [0.2, 0.25) is 0 Å². The number of nitrogens with one attached hydrogen (secondary N) is 1. The molecule has 0 spiro atoms. The van der Waals surface area contributed by atoms with Gasteiger partial charge in [-0.1, -0.05) is 51.5 Å². The SMILES string of the molecule is CCc1ccc(CN2CCNCC2C(C)CC)cc1. The van der Waals surface area contributed by atoms with Gasteiger partial charge < -0.3 is 5.32 Å². The van der Waals surface area contributed by atoms with Gasteiger partial charge in [0.1, 0.15) is 0 Å². The topological polar surface area (TPSA) is 15.3 Å². The first-order valence-corrected chi connectivity index (χ1v) is 7.77. The van der Waals surface area contributed by atoms with Crippen molar-refractivity contribution in [2.24, 2.45) is 5.92 Å². The molecule has 2 nitrogen and oxygen atoms in total. The lowest BCUT2D eigenvalue weighted by Gasteiger charge is -2.39. The summed E-state index contributed by atoms with van der Waals surface area (Å²) in [5.41, 5.74) is 2.88. The molecule has 1 aliphatic rings. The first kappa shape index (κ1) is 14.5. The van der Waals surface area contributed by atoms with Gasteiger partial charge in [0, 0.05) is 32.2 Å². The van der Waals surface area contributed by atoms with Gasteiger partial charge >= 0.3 is 0 Å². The van der Waals surface area contributed by atoms with Gasteiger partial charge in [-0.05, 0) is 23.5 Å². The first-order valence-electron chi connectivity index (χ1n) is 7.77. The largest absolute Gasteiger partial charge is 0.314 e. The molecular weight excluding hydrogens is 232 g/mol. The normalized spacial score (nSPS) is 22.4. The van der Waals surface area contributed by atoms with E-state index in [9.17, 15) is 0 Å². The maximum atomic E-state index is 3.54.